The Morgan fingerprint density at radius 3 is 2.88 bits per heavy atom. The van der Waals surface area contributed by atoms with Gasteiger partial charge in [0, 0.05) is 22.2 Å². The van der Waals surface area contributed by atoms with Crippen molar-refractivity contribution in [3.8, 4) is 11.4 Å². The lowest BCUT2D eigenvalue weighted by atomic mass is 10.2. The molecule has 0 amide bonds. The summed E-state index contributed by atoms with van der Waals surface area (Å²) in [6.07, 6.45) is 3.22. The second-order valence-electron chi connectivity index (χ2n) is 4.18. The van der Waals surface area contributed by atoms with E-state index in [0.29, 0.717) is 5.82 Å². The van der Waals surface area contributed by atoms with Crippen molar-refractivity contribution in [2.24, 2.45) is 0 Å². The first kappa shape index (κ1) is 9.78. The molecule has 0 saturated carbocycles. The zero-order valence-corrected chi connectivity index (χ0v) is 9.97. The van der Waals surface area contributed by atoms with Gasteiger partial charge in [-0.25, -0.2) is 9.97 Å². The van der Waals surface area contributed by atoms with E-state index in [0.717, 1.165) is 41.9 Å². The number of rotatable bonds is 1. The molecule has 2 aromatic rings. The van der Waals surface area contributed by atoms with Crippen LogP contribution in [0.2, 0.25) is 0 Å². The van der Waals surface area contributed by atoms with Crippen LogP contribution in [0.4, 0.5) is 5.82 Å². The van der Waals surface area contributed by atoms with Crippen LogP contribution in [0, 0.1) is 6.92 Å². The zero-order valence-electron chi connectivity index (χ0n) is 9.16. The highest BCUT2D eigenvalue weighted by molar-refractivity contribution is 7.08. The second kappa shape index (κ2) is 3.56. The lowest BCUT2D eigenvalue weighted by molar-refractivity contribution is 0.900. The molecule has 0 atom stereocenters. The summed E-state index contributed by atoms with van der Waals surface area (Å²) in [6.45, 7) is 2.08. The van der Waals surface area contributed by atoms with Crippen molar-refractivity contribution in [1.29, 1.82) is 0 Å². The Hall–Kier alpha value is -1.42. The molecule has 3 rings (SSSR count). The minimum atomic E-state index is 0.670. The molecule has 82 valence electrons. The number of hydrogen-bond acceptors (Lipinski definition) is 4. The smallest absolute Gasteiger partial charge is 0.162 e. The Kier molecular flexibility index (Phi) is 2.17. The van der Waals surface area contributed by atoms with Crippen molar-refractivity contribution in [1.82, 2.24) is 9.97 Å². The molecular formula is C12H13N3S. The number of aromatic nitrogens is 2. The predicted molar refractivity (Wildman–Crippen MR) is 66.5 cm³/mol. The van der Waals surface area contributed by atoms with Gasteiger partial charge in [-0.1, -0.05) is 0 Å². The summed E-state index contributed by atoms with van der Waals surface area (Å²) in [5.41, 5.74) is 10.6. The van der Waals surface area contributed by atoms with E-state index in [1.165, 1.54) is 5.56 Å². The molecule has 0 radical (unpaired) electrons. The fraction of sp³-hybridized carbons (Fsp3) is 0.333. The van der Waals surface area contributed by atoms with Gasteiger partial charge < -0.3 is 5.73 Å². The molecule has 0 spiro atoms. The van der Waals surface area contributed by atoms with Crippen LogP contribution >= 0.6 is 11.3 Å². The van der Waals surface area contributed by atoms with Crippen LogP contribution < -0.4 is 5.73 Å². The molecule has 3 nitrogen and oxygen atoms in total. The number of aryl methyl sites for hydroxylation is 2. The lowest BCUT2D eigenvalue weighted by Gasteiger charge is -2.06. The van der Waals surface area contributed by atoms with Crippen molar-refractivity contribution in [3.05, 3.63) is 27.6 Å². The van der Waals surface area contributed by atoms with E-state index >= 15 is 0 Å². The first-order valence-corrected chi connectivity index (χ1v) is 6.38. The van der Waals surface area contributed by atoms with Gasteiger partial charge in [-0.15, -0.1) is 0 Å². The Bertz CT molecular complexity index is 545. The molecule has 1 aliphatic carbocycles. The maximum Gasteiger partial charge on any atom is 0.162 e. The van der Waals surface area contributed by atoms with Gasteiger partial charge >= 0.3 is 0 Å². The SMILES string of the molecule is Cc1cscc1-c1nc(N)c2c(n1)CCC2. The highest BCUT2D eigenvalue weighted by Crippen LogP contribution is 2.29. The average molecular weight is 231 g/mol. The van der Waals surface area contributed by atoms with Gasteiger partial charge in [0.25, 0.3) is 0 Å². The third kappa shape index (κ3) is 1.41. The normalized spacial score (nSPS) is 14.1. The number of anilines is 1. The highest BCUT2D eigenvalue weighted by atomic mass is 32.1. The van der Waals surface area contributed by atoms with Crippen molar-refractivity contribution in [2.75, 3.05) is 5.73 Å². The quantitative estimate of drug-likeness (QED) is 0.820. The average Bonchev–Trinajstić information content (AvgIpc) is 2.85. The van der Waals surface area contributed by atoms with Crippen LogP contribution in [0.15, 0.2) is 10.8 Å². The van der Waals surface area contributed by atoms with Gasteiger partial charge in [0.15, 0.2) is 5.82 Å². The number of nitrogens with zero attached hydrogens (tertiary/aromatic N) is 2. The van der Waals surface area contributed by atoms with Crippen LogP contribution in [-0.2, 0) is 12.8 Å². The van der Waals surface area contributed by atoms with Gasteiger partial charge in [-0.2, -0.15) is 11.3 Å². The maximum absolute atomic E-state index is 5.98. The van der Waals surface area contributed by atoms with E-state index in [-0.39, 0.29) is 0 Å². The van der Waals surface area contributed by atoms with E-state index in [4.69, 9.17) is 5.73 Å². The lowest BCUT2D eigenvalue weighted by Crippen LogP contribution is -2.02. The van der Waals surface area contributed by atoms with Crippen LogP contribution in [-0.4, -0.2) is 9.97 Å². The van der Waals surface area contributed by atoms with E-state index < -0.39 is 0 Å². The number of hydrogen-bond donors (Lipinski definition) is 1. The molecule has 2 heterocycles. The fourth-order valence-electron chi connectivity index (χ4n) is 2.17. The van der Waals surface area contributed by atoms with Crippen LogP contribution in [0.1, 0.15) is 23.2 Å². The molecule has 0 bridgehead atoms. The molecule has 0 aliphatic heterocycles. The molecular weight excluding hydrogens is 218 g/mol. The Morgan fingerprint density at radius 1 is 1.25 bits per heavy atom. The molecule has 4 heteroatoms. The highest BCUT2D eigenvalue weighted by Gasteiger charge is 2.18. The predicted octanol–water partition coefficient (Wildman–Crippen LogP) is 2.58. The van der Waals surface area contributed by atoms with Gasteiger partial charge in [0.2, 0.25) is 0 Å². The first-order valence-electron chi connectivity index (χ1n) is 5.44. The van der Waals surface area contributed by atoms with Crippen molar-refractivity contribution < 1.29 is 0 Å². The van der Waals surface area contributed by atoms with Gasteiger partial charge in [-0.05, 0) is 37.1 Å². The Labute approximate surface area is 98.4 Å². The van der Waals surface area contributed by atoms with E-state index in [1.54, 1.807) is 11.3 Å². The molecule has 2 aromatic heterocycles. The number of thiophene rings is 1. The second-order valence-corrected chi connectivity index (χ2v) is 4.92. The summed E-state index contributed by atoms with van der Waals surface area (Å²) in [5, 5.41) is 4.20. The van der Waals surface area contributed by atoms with E-state index in [1.807, 2.05) is 0 Å². The third-order valence-corrected chi connectivity index (χ3v) is 3.92. The maximum atomic E-state index is 5.98. The Balaban J connectivity index is 2.17. The van der Waals surface area contributed by atoms with E-state index in [2.05, 4.69) is 27.7 Å². The standard InChI is InChI=1S/C12H13N3S/c1-7-5-16-6-9(7)12-14-10-4-2-3-8(10)11(13)15-12/h5-6H,2-4H2,1H3,(H2,13,14,15). The minimum absolute atomic E-state index is 0.670. The van der Waals surface area contributed by atoms with Crippen LogP contribution in [0.25, 0.3) is 11.4 Å². The van der Waals surface area contributed by atoms with Gasteiger partial charge in [0.05, 0.1) is 0 Å². The molecule has 0 fully saturated rings. The third-order valence-electron chi connectivity index (χ3n) is 3.06. The zero-order chi connectivity index (χ0) is 11.1. The molecule has 0 unspecified atom stereocenters. The van der Waals surface area contributed by atoms with Crippen LogP contribution in [0.3, 0.4) is 0 Å². The summed E-state index contributed by atoms with van der Waals surface area (Å²) in [6, 6.07) is 0. The summed E-state index contributed by atoms with van der Waals surface area (Å²) < 4.78 is 0. The minimum Gasteiger partial charge on any atom is -0.383 e. The molecule has 1 aliphatic rings. The number of fused-ring (bicyclic) bond motifs is 1. The van der Waals surface area contributed by atoms with Gasteiger partial charge in [-0.3, -0.25) is 0 Å². The first-order chi connectivity index (χ1) is 7.75. The summed E-state index contributed by atoms with van der Waals surface area (Å²) >= 11 is 1.68. The topological polar surface area (TPSA) is 51.8 Å². The number of nitrogen functional groups attached to an aromatic ring is 1. The van der Waals surface area contributed by atoms with E-state index in [9.17, 15) is 0 Å². The molecule has 0 aromatic carbocycles. The van der Waals surface area contributed by atoms with Crippen molar-refractivity contribution in [3.63, 3.8) is 0 Å². The Morgan fingerprint density at radius 2 is 2.12 bits per heavy atom. The molecule has 0 saturated heterocycles. The van der Waals surface area contributed by atoms with Gasteiger partial charge in [0.1, 0.15) is 5.82 Å². The largest absolute Gasteiger partial charge is 0.383 e. The van der Waals surface area contributed by atoms with Crippen LogP contribution in [0.5, 0.6) is 0 Å². The molecule has 16 heavy (non-hydrogen) atoms. The monoisotopic (exact) mass is 231 g/mol. The summed E-state index contributed by atoms with van der Waals surface area (Å²) in [7, 11) is 0. The summed E-state index contributed by atoms with van der Waals surface area (Å²) in [4.78, 5) is 9.05. The van der Waals surface area contributed by atoms with Crippen molar-refractivity contribution >= 4 is 17.2 Å². The summed E-state index contributed by atoms with van der Waals surface area (Å²) in [5.74, 6) is 1.46. The molecule has 2 N–H and O–H groups in total. The fourth-order valence-corrected chi connectivity index (χ4v) is 3.00. The number of nitrogens with two attached hydrogens (primary N) is 1. The van der Waals surface area contributed by atoms with Crippen molar-refractivity contribution in [2.45, 2.75) is 26.2 Å².